The van der Waals surface area contributed by atoms with E-state index < -0.39 is 41.7 Å². The van der Waals surface area contributed by atoms with E-state index in [4.69, 9.17) is 0 Å². The molecule has 1 saturated carbocycles. The second-order valence-corrected chi connectivity index (χ2v) is 6.33. The molecule has 1 aromatic carbocycles. The van der Waals surface area contributed by atoms with E-state index in [0.29, 0.717) is 5.56 Å². The highest BCUT2D eigenvalue weighted by Gasteiger charge is 2.60. The van der Waals surface area contributed by atoms with Crippen LogP contribution in [-0.2, 0) is 26.2 Å². The molecule has 0 heterocycles. The van der Waals surface area contributed by atoms with Crippen molar-refractivity contribution in [2.45, 2.75) is 37.0 Å². The average molecular weight is 393 g/mol. The fraction of sp³-hybridized carbons (Fsp3) is 0.500. The Labute approximate surface area is 140 Å². The van der Waals surface area contributed by atoms with Gasteiger partial charge in [0.2, 0.25) is 0 Å². The second-order valence-electron chi connectivity index (χ2n) is 5.77. The van der Waals surface area contributed by atoms with Crippen molar-refractivity contribution in [1.29, 1.82) is 0 Å². The molecule has 0 amide bonds. The number of alkyl halides is 3. The number of halogens is 4. The summed E-state index contributed by atoms with van der Waals surface area (Å²) in [6, 6.07) is 3.88. The van der Waals surface area contributed by atoms with Crippen molar-refractivity contribution < 1.29 is 27.5 Å². The van der Waals surface area contributed by atoms with Crippen molar-refractivity contribution in [3.63, 3.8) is 0 Å². The van der Waals surface area contributed by atoms with E-state index in [1.807, 2.05) is 0 Å². The Bertz CT molecular complexity index is 623. The maximum atomic E-state index is 13.9. The monoisotopic (exact) mass is 392 g/mol. The van der Waals surface area contributed by atoms with Crippen molar-refractivity contribution >= 4 is 27.7 Å². The summed E-state index contributed by atoms with van der Waals surface area (Å²) >= 11 is 3.01. The van der Waals surface area contributed by atoms with Gasteiger partial charge >= 0.3 is 5.97 Å². The highest BCUT2D eigenvalue weighted by molar-refractivity contribution is 9.09. The summed E-state index contributed by atoms with van der Waals surface area (Å²) in [4.78, 5) is 23.3. The number of esters is 1. The standard InChI is InChI=1S/C16H16BrF3O3/c1-23-14(22)3-2-10-4-11(6-12(18)5-10)15(13(21)7-17)8-16(19,20)9-15/h4-6H,2-3,7-9H2,1H3. The molecule has 1 fully saturated rings. The van der Waals surface area contributed by atoms with E-state index in [9.17, 15) is 22.8 Å². The molecule has 2 rings (SSSR count). The Morgan fingerprint density at radius 1 is 1.26 bits per heavy atom. The lowest BCUT2D eigenvalue weighted by Crippen LogP contribution is -2.55. The largest absolute Gasteiger partial charge is 0.469 e. The maximum absolute atomic E-state index is 13.9. The van der Waals surface area contributed by atoms with E-state index in [-0.39, 0.29) is 23.7 Å². The SMILES string of the molecule is COC(=O)CCc1cc(F)cc(C2(C(=O)CBr)CC(F)(F)C2)c1. The molecule has 1 aromatic rings. The minimum atomic E-state index is -2.92. The number of ether oxygens (including phenoxy) is 1. The lowest BCUT2D eigenvalue weighted by molar-refractivity contribution is -0.154. The number of carbonyl (C=O) groups is 2. The Balaban J connectivity index is 2.32. The van der Waals surface area contributed by atoms with Gasteiger partial charge in [0.25, 0.3) is 5.92 Å². The number of carbonyl (C=O) groups excluding carboxylic acids is 2. The second kappa shape index (κ2) is 6.63. The molecule has 0 spiro atoms. The van der Waals surface area contributed by atoms with Crippen molar-refractivity contribution in [2.75, 3.05) is 12.4 Å². The van der Waals surface area contributed by atoms with Gasteiger partial charge < -0.3 is 4.74 Å². The van der Waals surface area contributed by atoms with Gasteiger partial charge in [0.1, 0.15) is 5.82 Å². The predicted octanol–water partition coefficient (Wildman–Crippen LogP) is 3.56. The van der Waals surface area contributed by atoms with Gasteiger partial charge in [-0.1, -0.05) is 22.0 Å². The number of methoxy groups -OCH3 is 1. The van der Waals surface area contributed by atoms with E-state index in [1.54, 1.807) is 0 Å². The summed E-state index contributed by atoms with van der Waals surface area (Å²) in [5.74, 6) is -4.37. The minimum absolute atomic E-state index is 0.0505. The molecule has 23 heavy (non-hydrogen) atoms. The van der Waals surface area contributed by atoms with Gasteiger partial charge in [-0.05, 0) is 29.7 Å². The number of rotatable bonds is 6. The first-order chi connectivity index (χ1) is 10.7. The zero-order valence-corrected chi connectivity index (χ0v) is 14.1. The molecule has 0 aliphatic heterocycles. The van der Waals surface area contributed by atoms with Gasteiger partial charge in [0, 0.05) is 19.3 Å². The van der Waals surface area contributed by atoms with Crippen LogP contribution in [0.4, 0.5) is 13.2 Å². The van der Waals surface area contributed by atoms with Gasteiger partial charge in [-0.3, -0.25) is 9.59 Å². The van der Waals surface area contributed by atoms with Crippen molar-refractivity contribution in [3.8, 4) is 0 Å². The van der Waals surface area contributed by atoms with Gasteiger partial charge in [-0.15, -0.1) is 0 Å². The number of hydrogen-bond donors (Lipinski definition) is 0. The van der Waals surface area contributed by atoms with E-state index in [0.717, 1.165) is 6.07 Å². The summed E-state index contributed by atoms with van der Waals surface area (Å²) in [6.07, 6.45) is -0.976. The summed E-state index contributed by atoms with van der Waals surface area (Å²) in [5.41, 5.74) is -0.648. The lowest BCUT2D eigenvalue weighted by Gasteiger charge is -2.46. The van der Waals surface area contributed by atoms with Crippen LogP contribution in [0.2, 0.25) is 0 Å². The molecule has 1 aliphatic carbocycles. The molecular formula is C16H16BrF3O3. The zero-order valence-electron chi connectivity index (χ0n) is 12.5. The van der Waals surface area contributed by atoms with Gasteiger partial charge in [0.05, 0.1) is 17.9 Å². The fourth-order valence-electron chi connectivity index (χ4n) is 2.94. The van der Waals surface area contributed by atoms with Crippen LogP contribution < -0.4 is 0 Å². The van der Waals surface area contributed by atoms with Gasteiger partial charge in [-0.2, -0.15) is 0 Å². The Hall–Kier alpha value is -1.37. The molecular weight excluding hydrogens is 377 g/mol. The molecule has 0 radical (unpaired) electrons. The average Bonchev–Trinajstić information content (AvgIpc) is 2.48. The molecule has 0 atom stereocenters. The summed E-state index contributed by atoms with van der Waals surface area (Å²) in [7, 11) is 1.25. The molecule has 126 valence electrons. The molecule has 0 aromatic heterocycles. The Morgan fingerprint density at radius 3 is 2.43 bits per heavy atom. The molecule has 0 bridgehead atoms. The minimum Gasteiger partial charge on any atom is -0.469 e. The summed E-state index contributed by atoms with van der Waals surface area (Å²) in [5, 5.41) is -0.0723. The fourth-order valence-corrected chi connectivity index (χ4v) is 3.48. The van der Waals surface area contributed by atoms with Crippen LogP contribution in [0, 0.1) is 5.82 Å². The third-order valence-electron chi connectivity index (χ3n) is 4.13. The van der Waals surface area contributed by atoms with Crippen LogP contribution in [0.25, 0.3) is 0 Å². The van der Waals surface area contributed by atoms with E-state index >= 15 is 0 Å². The van der Waals surface area contributed by atoms with Crippen molar-refractivity contribution in [3.05, 3.63) is 35.1 Å². The van der Waals surface area contributed by atoms with Crippen LogP contribution in [0.5, 0.6) is 0 Å². The Morgan fingerprint density at radius 2 is 1.91 bits per heavy atom. The predicted molar refractivity (Wildman–Crippen MR) is 81.4 cm³/mol. The van der Waals surface area contributed by atoms with Crippen LogP contribution >= 0.6 is 15.9 Å². The first-order valence-corrected chi connectivity index (χ1v) is 8.18. The van der Waals surface area contributed by atoms with E-state index in [1.165, 1.54) is 19.2 Å². The topological polar surface area (TPSA) is 43.4 Å². The number of hydrogen-bond acceptors (Lipinski definition) is 3. The molecule has 1 aliphatic rings. The third-order valence-corrected chi connectivity index (χ3v) is 4.64. The number of aryl methyl sites for hydroxylation is 1. The van der Waals surface area contributed by atoms with Crippen LogP contribution in [0.3, 0.4) is 0 Å². The lowest BCUT2D eigenvalue weighted by atomic mass is 9.60. The highest BCUT2D eigenvalue weighted by Crippen LogP contribution is 2.54. The number of benzene rings is 1. The van der Waals surface area contributed by atoms with E-state index in [2.05, 4.69) is 20.7 Å². The van der Waals surface area contributed by atoms with Gasteiger partial charge in [-0.25, -0.2) is 13.2 Å². The first kappa shape index (κ1) is 18.0. The number of ketones is 1. The molecule has 7 heteroatoms. The smallest absolute Gasteiger partial charge is 0.305 e. The summed E-state index contributed by atoms with van der Waals surface area (Å²) < 4.78 is 45.2. The third kappa shape index (κ3) is 3.76. The van der Waals surface area contributed by atoms with Crippen LogP contribution in [-0.4, -0.2) is 30.1 Å². The van der Waals surface area contributed by atoms with Crippen LogP contribution in [0.15, 0.2) is 18.2 Å². The molecule has 0 saturated heterocycles. The highest BCUT2D eigenvalue weighted by atomic mass is 79.9. The Kier molecular flexibility index (Phi) is 5.18. The summed E-state index contributed by atoms with van der Waals surface area (Å²) in [6.45, 7) is 0. The maximum Gasteiger partial charge on any atom is 0.305 e. The number of Topliss-reactive ketones (excluding diaryl/α,β-unsaturated/α-hetero) is 1. The van der Waals surface area contributed by atoms with Gasteiger partial charge in [0.15, 0.2) is 5.78 Å². The quantitative estimate of drug-likeness (QED) is 0.549. The molecule has 0 N–H and O–H groups in total. The van der Waals surface area contributed by atoms with Crippen molar-refractivity contribution in [1.82, 2.24) is 0 Å². The van der Waals surface area contributed by atoms with Crippen LogP contribution in [0.1, 0.15) is 30.4 Å². The molecule has 0 unspecified atom stereocenters. The normalized spacial score (nSPS) is 18.1. The van der Waals surface area contributed by atoms with Crippen molar-refractivity contribution in [2.24, 2.45) is 0 Å². The first-order valence-electron chi connectivity index (χ1n) is 7.06. The molecule has 3 nitrogen and oxygen atoms in total. The zero-order chi connectivity index (χ0) is 17.3.